The van der Waals surface area contributed by atoms with Gasteiger partial charge in [0.2, 0.25) is 11.9 Å². The Balaban J connectivity index is 1.88. The Morgan fingerprint density at radius 1 is 1.29 bits per heavy atom. The summed E-state index contributed by atoms with van der Waals surface area (Å²) in [6.45, 7) is 4.60. The zero-order valence-corrected chi connectivity index (χ0v) is 14.1. The van der Waals surface area contributed by atoms with E-state index in [1.165, 1.54) is 0 Å². The summed E-state index contributed by atoms with van der Waals surface area (Å²) in [5, 5.41) is 3.11. The molecule has 0 radical (unpaired) electrons. The van der Waals surface area contributed by atoms with Crippen LogP contribution in [0.15, 0.2) is 24.5 Å². The molecule has 1 atom stereocenters. The zero-order chi connectivity index (χ0) is 16.9. The van der Waals surface area contributed by atoms with E-state index in [-0.39, 0.29) is 11.9 Å². The largest absolute Gasteiger partial charge is 0.332 e. The lowest BCUT2D eigenvalue weighted by atomic mass is 10.0. The second-order valence-corrected chi connectivity index (χ2v) is 5.90. The minimum Gasteiger partial charge on any atom is -0.332 e. The van der Waals surface area contributed by atoms with Crippen LogP contribution in [0.3, 0.4) is 0 Å². The van der Waals surface area contributed by atoms with Gasteiger partial charge in [0.05, 0.1) is 6.04 Å². The number of carbonyl (C=O) groups is 1. The number of likely N-dealkylation sites (tertiary alicyclic amines) is 1. The number of rotatable bonds is 4. The van der Waals surface area contributed by atoms with Crippen molar-refractivity contribution < 1.29 is 4.79 Å². The fourth-order valence-electron chi connectivity index (χ4n) is 2.98. The van der Waals surface area contributed by atoms with E-state index in [0.29, 0.717) is 24.0 Å². The van der Waals surface area contributed by atoms with E-state index < -0.39 is 0 Å². The van der Waals surface area contributed by atoms with E-state index in [4.69, 9.17) is 0 Å². The average Bonchev–Trinajstić information content (AvgIpc) is 2.61. The maximum absolute atomic E-state index is 12.2. The molecule has 3 rings (SSSR count). The van der Waals surface area contributed by atoms with E-state index in [1.807, 2.05) is 24.8 Å². The van der Waals surface area contributed by atoms with Crippen LogP contribution in [-0.4, -0.2) is 37.3 Å². The van der Waals surface area contributed by atoms with Crippen molar-refractivity contribution in [1.29, 1.82) is 0 Å². The number of nitrogens with zero attached hydrogens (tertiary/aromatic N) is 5. The normalized spacial score (nSPS) is 17.6. The van der Waals surface area contributed by atoms with Gasteiger partial charge < -0.3 is 10.2 Å². The van der Waals surface area contributed by atoms with Gasteiger partial charge in [-0.3, -0.25) is 4.79 Å². The average molecular weight is 326 g/mol. The number of amides is 1. The Morgan fingerprint density at radius 2 is 2.08 bits per heavy atom. The molecule has 7 heteroatoms. The molecule has 126 valence electrons. The van der Waals surface area contributed by atoms with E-state index in [0.717, 1.165) is 31.5 Å². The number of anilines is 2. The molecule has 1 aliphatic rings. The Kier molecular flexibility index (Phi) is 4.98. The molecule has 0 saturated carbocycles. The second-order valence-electron chi connectivity index (χ2n) is 5.90. The van der Waals surface area contributed by atoms with E-state index in [1.54, 1.807) is 18.5 Å². The first-order valence-corrected chi connectivity index (χ1v) is 8.36. The van der Waals surface area contributed by atoms with Gasteiger partial charge in [-0.15, -0.1) is 0 Å². The highest BCUT2D eigenvalue weighted by molar-refractivity contribution is 5.76. The molecule has 0 unspecified atom stereocenters. The maximum atomic E-state index is 12.2. The van der Waals surface area contributed by atoms with Crippen molar-refractivity contribution in [2.75, 3.05) is 11.9 Å². The van der Waals surface area contributed by atoms with Crippen molar-refractivity contribution in [3.05, 3.63) is 36.0 Å². The van der Waals surface area contributed by atoms with Crippen molar-refractivity contribution in [1.82, 2.24) is 24.8 Å². The molecule has 2 aromatic rings. The maximum Gasteiger partial charge on any atom is 0.228 e. The van der Waals surface area contributed by atoms with Crippen molar-refractivity contribution in [2.45, 2.75) is 45.6 Å². The monoisotopic (exact) mass is 326 g/mol. The molecule has 1 fully saturated rings. The van der Waals surface area contributed by atoms with Gasteiger partial charge in [-0.1, -0.05) is 6.92 Å². The van der Waals surface area contributed by atoms with Crippen molar-refractivity contribution >= 4 is 17.7 Å². The molecule has 1 amide bonds. The fourth-order valence-corrected chi connectivity index (χ4v) is 2.98. The van der Waals surface area contributed by atoms with Crippen LogP contribution in [0.5, 0.6) is 0 Å². The van der Waals surface area contributed by atoms with E-state index >= 15 is 0 Å². The van der Waals surface area contributed by atoms with Crippen molar-refractivity contribution in [3.63, 3.8) is 0 Å². The van der Waals surface area contributed by atoms with E-state index in [2.05, 4.69) is 25.3 Å². The molecule has 1 aliphatic heterocycles. The quantitative estimate of drug-likeness (QED) is 0.930. The van der Waals surface area contributed by atoms with Crippen molar-refractivity contribution in [2.24, 2.45) is 0 Å². The SMILES string of the molecule is CCC(=O)N1CCCC[C@H]1c1nc(C)cc(Nc2ncccn2)n1. The molecule has 3 heterocycles. The summed E-state index contributed by atoms with van der Waals surface area (Å²) in [6.07, 6.45) is 6.87. The molecule has 0 aromatic carbocycles. The van der Waals surface area contributed by atoms with Gasteiger partial charge in [0.1, 0.15) is 5.82 Å². The third kappa shape index (κ3) is 3.67. The second kappa shape index (κ2) is 7.33. The van der Waals surface area contributed by atoms with Gasteiger partial charge in [-0.25, -0.2) is 19.9 Å². The predicted molar refractivity (Wildman–Crippen MR) is 90.7 cm³/mol. The van der Waals surface area contributed by atoms with Crippen LogP contribution in [-0.2, 0) is 4.79 Å². The van der Waals surface area contributed by atoms with Gasteiger partial charge in [-0.05, 0) is 32.3 Å². The first-order chi connectivity index (χ1) is 11.7. The molecule has 0 bridgehead atoms. The highest BCUT2D eigenvalue weighted by atomic mass is 16.2. The van der Waals surface area contributed by atoms with Crippen LogP contribution >= 0.6 is 0 Å². The molecule has 0 spiro atoms. The first-order valence-electron chi connectivity index (χ1n) is 8.36. The van der Waals surface area contributed by atoms with Gasteiger partial charge in [-0.2, -0.15) is 0 Å². The lowest BCUT2D eigenvalue weighted by Gasteiger charge is -2.34. The zero-order valence-electron chi connectivity index (χ0n) is 14.1. The Hall–Kier alpha value is -2.57. The van der Waals surface area contributed by atoms with Crippen molar-refractivity contribution in [3.8, 4) is 0 Å². The first kappa shape index (κ1) is 16.3. The third-order valence-corrected chi connectivity index (χ3v) is 4.10. The number of hydrogen-bond donors (Lipinski definition) is 1. The summed E-state index contributed by atoms with van der Waals surface area (Å²) in [5.74, 6) is 1.99. The van der Waals surface area contributed by atoms with Crippen LogP contribution in [0, 0.1) is 6.92 Å². The molecule has 24 heavy (non-hydrogen) atoms. The molecule has 7 nitrogen and oxygen atoms in total. The molecule has 1 saturated heterocycles. The molecule has 1 N–H and O–H groups in total. The number of carbonyl (C=O) groups excluding carboxylic acids is 1. The highest BCUT2D eigenvalue weighted by Crippen LogP contribution is 2.30. The van der Waals surface area contributed by atoms with Crippen LogP contribution in [0.25, 0.3) is 0 Å². The Morgan fingerprint density at radius 3 is 2.83 bits per heavy atom. The van der Waals surface area contributed by atoms with E-state index in [9.17, 15) is 4.79 Å². The third-order valence-electron chi connectivity index (χ3n) is 4.10. The standard InChI is InChI=1S/C17H22N6O/c1-3-15(24)23-10-5-4-7-13(23)16-20-12(2)11-14(21-16)22-17-18-8-6-9-19-17/h6,8-9,11,13H,3-5,7,10H2,1-2H3,(H,18,19,20,21,22)/t13-/m0/s1. The molecular weight excluding hydrogens is 304 g/mol. The highest BCUT2D eigenvalue weighted by Gasteiger charge is 2.29. The van der Waals surface area contributed by atoms with Gasteiger partial charge >= 0.3 is 0 Å². The number of aryl methyl sites for hydroxylation is 1. The van der Waals surface area contributed by atoms with Crippen LogP contribution in [0.1, 0.15) is 50.2 Å². The summed E-state index contributed by atoms with van der Waals surface area (Å²) in [4.78, 5) is 31.7. The summed E-state index contributed by atoms with van der Waals surface area (Å²) in [5.41, 5.74) is 0.855. The molecular formula is C17H22N6O. The lowest BCUT2D eigenvalue weighted by Crippen LogP contribution is -2.39. The smallest absolute Gasteiger partial charge is 0.228 e. The Labute approximate surface area is 141 Å². The van der Waals surface area contributed by atoms with Gasteiger partial charge in [0.25, 0.3) is 0 Å². The number of aromatic nitrogens is 4. The Bertz CT molecular complexity index is 705. The fraction of sp³-hybridized carbons (Fsp3) is 0.471. The minimum atomic E-state index is -0.0525. The summed E-state index contributed by atoms with van der Waals surface area (Å²) in [6, 6.07) is 3.57. The van der Waals surface area contributed by atoms with Crippen LogP contribution in [0.4, 0.5) is 11.8 Å². The summed E-state index contributed by atoms with van der Waals surface area (Å²) in [7, 11) is 0. The minimum absolute atomic E-state index is 0.0525. The predicted octanol–water partition coefficient (Wildman–Crippen LogP) is 2.78. The topological polar surface area (TPSA) is 83.9 Å². The number of piperidine rings is 1. The number of hydrogen-bond acceptors (Lipinski definition) is 6. The molecule has 2 aromatic heterocycles. The summed E-state index contributed by atoms with van der Waals surface area (Å²) >= 11 is 0. The lowest BCUT2D eigenvalue weighted by molar-refractivity contribution is -0.134. The van der Waals surface area contributed by atoms with Crippen LogP contribution in [0.2, 0.25) is 0 Å². The number of nitrogens with one attached hydrogen (secondary N) is 1. The molecule has 0 aliphatic carbocycles. The van der Waals surface area contributed by atoms with Gasteiger partial charge in [0, 0.05) is 37.1 Å². The van der Waals surface area contributed by atoms with Gasteiger partial charge in [0.15, 0.2) is 5.82 Å². The van der Waals surface area contributed by atoms with Crippen LogP contribution < -0.4 is 5.32 Å². The summed E-state index contributed by atoms with van der Waals surface area (Å²) < 4.78 is 0.